The Bertz CT molecular complexity index is 449. The zero-order valence-electron chi connectivity index (χ0n) is 10.3. The van der Waals surface area contributed by atoms with Gasteiger partial charge in [-0.1, -0.05) is 30.3 Å². The van der Waals surface area contributed by atoms with Gasteiger partial charge in [0, 0.05) is 0 Å². The zero-order valence-corrected chi connectivity index (χ0v) is 10.3. The van der Waals surface area contributed by atoms with Crippen LogP contribution in [0.25, 0.3) is 5.69 Å². The van der Waals surface area contributed by atoms with E-state index in [9.17, 15) is 0 Å². The molecule has 0 aliphatic heterocycles. The van der Waals surface area contributed by atoms with Gasteiger partial charge in [-0.25, -0.2) is 4.68 Å². The minimum Gasteiger partial charge on any atom is -0.319 e. The SMILES string of the molecule is CNCC(C)Cc1cnnn1-c1ccccc1. The van der Waals surface area contributed by atoms with Crippen LogP contribution in [0.1, 0.15) is 12.6 Å². The van der Waals surface area contributed by atoms with Crippen molar-refractivity contribution in [3.05, 3.63) is 42.2 Å². The lowest BCUT2D eigenvalue weighted by atomic mass is 10.1. The van der Waals surface area contributed by atoms with Crippen LogP contribution in [0.4, 0.5) is 0 Å². The van der Waals surface area contributed by atoms with Gasteiger partial charge in [0.2, 0.25) is 0 Å². The number of benzene rings is 1. The monoisotopic (exact) mass is 230 g/mol. The van der Waals surface area contributed by atoms with Crippen LogP contribution in [0, 0.1) is 5.92 Å². The van der Waals surface area contributed by atoms with E-state index in [0.717, 1.165) is 24.3 Å². The van der Waals surface area contributed by atoms with Crippen molar-refractivity contribution in [2.75, 3.05) is 13.6 Å². The Balaban J connectivity index is 2.18. The molecule has 1 N–H and O–H groups in total. The minimum absolute atomic E-state index is 0.570. The first-order valence-electron chi connectivity index (χ1n) is 5.91. The average molecular weight is 230 g/mol. The maximum Gasteiger partial charge on any atom is 0.0729 e. The van der Waals surface area contributed by atoms with E-state index in [-0.39, 0.29) is 0 Å². The van der Waals surface area contributed by atoms with E-state index in [0.29, 0.717) is 5.92 Å². The van der Waals surface area contributed by atoms with Crippen molar-refractivity contribution < 1.29 is 0 Å². The molecule has 1 heterocycles. The first kappa shape index (κ1) is 11.8. The molecule has 0 aliphatic rings. The summed E-state index contributed by atoms with van der Waals surface area (Å²) in [4.78, 5) is 0. The van der Waals surface area contributed by atoms with Crippen LogP contribution in [0.2, 0.25) is 0 Å². The van der Waals surface area contributed by atoms with Crippen LogP contribution < -0.4 is 5.32 Å². The molecule has 0 saturated heterocycles. The minimum atomic E-state index is 0.570. The molecule has 0 amide bonds. The zero-order chi connectivity index (χ0) is 12.1. The fraction of sp³-hybridized carbons (Fsp3) is 0.385. The highest BCUT2D eigenvalue weighted by Crippen LogP contribution is 2.12. The smallest absolute Gasteiger partial charge is 0.0729 e. The number of hydrogen-bond donors (Lipinski definition) is 1. The van der Waals surface area contributed by atoms with E-state index in [1.165, 1.54) is 0 Å². The summed E-state index contributed by atoms with van der Waals surface area (Å²) in [5, 5.41) is 11.3. The van der Waals surface area contributed by atoms with Crippen molar-refractivity contribution >= 4 is 0 Å². The molecule has 0 fully saturated rings. The number of rotatable bonds is 5. The number of nitrogens with zero attached hydrogens (tertiary/aromatic N) is 3. The molecule has 0 radical (unpaired) electrons. The Morgan fingerprint density at radius 2 is 2.06 bits per heavy atom. The van der Waals surface area contributed by atoms with E-state index >= 15 is 0 Å². The van der Waals surface area contributed by atoms with Gasteiger partial charge in [0.1, 0.15) is 0 Å². The third kappa shape index (κ3) is 2.91. The van der Waals surface area contributed by atoms with E-state index in [1.54, 1.807) is 0 Å². The summed E-state index contributed by atoms with van der Waals surface area (Å²) >= 11 is 0. The molecule has 1 aromatic heterocycles. The molecule has 0 bridgehead atoms. The van der Waals surface area contributed by atoms with Crippen LogP contribution in [-0.4, -0.2) is 28.6 Å². The Morgan fingerprint density at radius 1 is 1.29 bits per heavy atom. The van der Waals surface area contributed by atoms with Gasteiger partial charge < -0.3 is 5.32 Å². The molecule has 1 aromatic carbocycles. The fourth-order valence-electron chi connectivity index (χ4n) is 1.96. The molecule has 2 rings (SSSR count). The first-order chi connectivity index (χ1) is 8.31. The molecular weight excluding hydrogens is 212 g/mol. The number of aromatic nitrogens is 3. The van der Waals surface area contributed by atoms with Crippen molar-refractivity contribution in [3.8, 4) is 5.69 Å². The summed E-state index contributed by atoms with van der Waals surface area (Å²) in [6, 6.07) is 10.1. The average Bonchev–Trinajstić information content (AvgIpc) is 2.78. The summed E-state index contributed by atoms with van der Waals surface area (Å²) in [7, 11) is 1.98. The molecule has 1 unspecified atom stereocenters. The Labute approximate surface area is 102 Å². The highest BCUT2D eigenvalue weighted by atomic mass is 15.4. The summed E-state index contributed by atoms with van der Waals surface area (Å²) in [6.07, 6.45) is 2.82. The Kier molecular flexibility index (Phi) is 3.88. The van der Waals surface area contributed by atoms with Gasteiger partial charge in [0.25, 0.3) is 0 Å². The third-order valence-corrected chi connectivity index (χ3v) is 2.73. The maximum absolute atomic E-state index is 4.15. The molecule has 4 nitrogen and oxygen atoms in total. The first-order valence-corrected chi connectivity index (χ1v) is 5.91. The molecule has 0 saturated carbocycles. The summed E-state index contributed by atoms with van der Waals surface area (Å²) in [5.74, 6) is 0.570. The van der Waals surface area contributed by atoms with Crippen molar-refractivity contribution in [1.29, 1.82) is 0 Å². The van der Waals surface area contributed by atoms with Crippen molar-refractivity contribution in [1.82, 2.24) is 20.3 Å². The standard InChI is InChI=1S/C13H18N4/c1-11(9-14-2)8-13-10-15-16-17(13)12-6-4-3-5-7-12/h3-7,10-11,14H,8-9H2,1-2H3. The second-order valence-corrected chi connectivity index (χ2v) is 4.34. The van der Waals surface area contributed by atoms with Crippen molar-refractivity contribution in [2.24, 2.45) is 5.92 Å². The van der Waals surface area contributed by atoms with Gasteiger partial charge in [0.15, 0.2) is 0 Å². The molecule has 90 valence electrons. The third-order valence-electron chi connectivity index (χ3n) is 2.73. The normalized spacial score (nSPS) is 12.6. The van der Waals surface area contributed by atoms with Gasteiger partial charge in [-0.2, -0.15) is 0 Å². The van der Waals surface area contributed by atoms with Gasteiger partial charge in [-0.15, -0.1) is 5.10 Å². The van der Waals surface area contributed by atoms with E-state index in [4.69, 9.17) is 0 Å². The number of para-hydroxylation sites is 1. The molecule has 4 heteroatoms. The highest BCUT2D eigenvalue weighted by molar-refractivity contribution is 5.31. The molecule has 2 aromatic rings. The van der Waals surface area contributed by atoms with Gasteiger partial charge in [-0.3, -0.25) is 0 Å². The predicted octanol–water partition coefficient (Wildman–Crippen LogP) is 1.67. The fourth-order valence-corrected chi connectivity index (χ4v) is 1.96. The lowest BCUT2D eigenvalue weighted by Crippen LogP contribution is -2.19. The number of nitrogens with one attached hydrogen (secondary N) is 1. The van der Waals surface area contributed by atoms with E-state index in [1.807, 2.05) is 48.3 Å². The van der Waals surface area contributed by atoms with Gasteiger partial charge in [-0.05, 0) is 38.1 Å². The Morgan fingerprint density at radius 3 is 2.76 bits per heavy atom. The van der Waals surface area contributed by atoms with Crippen molar-refractivity contribution in [2.45, 2.75) is 13.3 Å². The molecule has 17 heavy (non-hydrogen) atoms. The second-order valence-electron chi connectivity index (χ2n) is 4.34. The highest BCUT2D eigenvalue weighted by Gasteiger charge is 2.09. The van der Waals surface area contributed by atoms with Crippen molar-refractivity contribution in [3.63, 3.8) is 0 Å². The van der Waals surface area contributed by atoms with Crippen LogP contribution >= 0.6 is 0 Å². The second kappa shape index (κ2) is 5.59. The van der Waals surface area contributed by atoms with Crippen LogP contribution in [0.5, 0.6) is 0 Å². The van der Waals surface area contributed by atoms with Gasteiger partial charge in [0.05, 0.1) is 17.6 Å². The quantitative estimate of drug-likeness (QED) is 0.849. The lowest BCUT2D eigenvalue weighted by Gasteiger charge is -2.11. The molecule has 1 atom stereocenters. The number of hydrogen-bond acceptors (Lipinski definition) is 3. The van der Waals surface area contributed by atoms with E-state index < -0.39 is 0 Å². The topological polar surface area (TPSA) is 42.7 Å². The predicted molar refractivity (Wildman–Crippen MR) is 68.2 cm³/mol. The van der Waals surface area contributed by atoms with Crippen LogP contribution in [0.3, 0.4) is 0 Å². The summed E-state index contributed by atoms with van der Waals surface area (Å²) in [6.45, 7) is 3.22. The summed E-state index contributed by atoms with van der Waals surface area (Å²) < 4.78 is 1.91. The molecule has 0 aliphatic carbocycles. The van der Waals surface area contributed by atoms with Crippen LogP contribution in [0.15, 0.2) is 36.5 Å². The molecular formula is C13H18N4. The van der Waals surface area contributed by atoms with Crippen LogP contribution in [-0.2, 0) is 6.42 Å². The summed E-state index contributed by atoms with van der Waals surface area (Å²) in [5.41, 5.74) is 2.22. The maximum atomic E-state index is 4.15. The Hall–Kier alpha value is -1.68. The largest absolute Gasteiger partial charge is 0.319 e. The lowest BCUT2D eigenvalue weighted by molar-refractivity contribution is 0.527. The van der Waals surface area contributed by atoms with Gasteiger partial charge >= 0.3 is 0 Å². The van der Waals surface area contributed by atoms with E-state index in [2.05, 4.69) is 22.6 Å². The molecule has 0 spiro atoms.